The predicted octanol–water partition coefficient (Wildman–Crippen LogP) is 0.936. The third-order valence-corrected chi connectivity index (χ3v) is 3.54. The van der Waals surface area contributed by atoms with Gasteiger partial charge in [-0.25, -0.2) is 4.79 Å². The maximum atomic E-state index is 12.1. The molecule has 0 unspecified atom stereocenters. The van der Waals surface area contributed by atoms with Crippen LogP contribution in [0.25, 0.3) is 0 Å². The van der Waals surface area contributed by atoms with E-state index in [9.17, 15) is 4.79 Å². The van der Waals surface area contributed by atoms with Crippen LogP contribution < -0.4 is 0 Å². The van der Waals surface area contributed by atoms with Crippen molar-refractivity contribution < 1.29 is 14.3 Å². The fraction of sp³-hybridized carbons (Fsp3) is 0.917. The van der Waals surface area contributed by atoms with Crippen LogP contribution >= 0.6 is 0 Å². The molecule has 0 aromatic carbocycles. The molecule has 17 heavy (non-hydrogen) atoms. The highest BCUT2D eigenvalue weighted by Crippen LogP contribution is 2.32. The standard InChI is InChI=1S/C12H22N2O3/c1-4-16-10-6-5-9-11(10)17-8-7-14(9)12(15)13(2)3/h9-11H,4-8H2,1-3H3/t9-,10-,11+/m1/s1. The van der Waals surface area contributed by atoms with E-state index in [1.54, 1.807) is 19.0 Å². The molecule has 2 aliphatic rings. The third kappa shape index (κ3) is 2.40. The Hall–Kier alpha value is -0.810. The smallest absolute Gasteiger partial charge is 0.319 e. The van der Waals surface area contributed by atoms with Gasteiger partial charge in [0.1, 0.15) is 6.10 Å². The Labute approximate surface area is 103 Å². The van der Waals surface area contributed by atoms with Crippen LogP contribution in [0.15, 0.2) is 0 Å². The van der Waals surface area contributed by atoms with Gasteiger partial charge in [0.2, 0.25) is 0 Å². The van der Waals surface area contributed by atoms with Crippen LogP contribution in [0.4, 0.5) is 4.79 Å². The second-order valence-corrected chi connectivity index (χ2v) is 4.84. The fourth-order valence-electron chi connectivity index (χ4n) is 2.80. The van der Waals surface area contributed by atoms with Gasteiger partial charge in [-0.15, -0.1) is 0 Å². The first-order chi connectivity index (χ1) is 8.15. The maximum absolute atomic E-state index is 12.1. The molecule has 1 saturated carbocycles. The van der Waals surface area contributed by atoms with Gasteiger partial charge in [0.25, 0.3) is 0 Å². The number of amides is 2. The molecule has 0 aromatic rings. The molecule has 1 aliphatic heterocycles. The monoisotopic (exact) mass is 242 g/mol. The van der Waals surface area contributed by atoms with Crippen LogP contribution in [0.1, 0.15) is 19.8 Å². The van der Waals surface area contributed by atoms with Gasteiger partial charge in [0, 0.05) is 27.2 Å². The van der Waals surface area contributed by atoms with Crippen molar-refractivity contribution in [2.24, 2.45) is 0 Å². The van der Waals surface area contributed by atoms with Gasteiger partial charge in [0.05, 0.1) is 18.8 Å². The maximum Gasteiger partial charge on any atom is 0.319 e. The first kappa shape index (κ1) is 12.6. The lowest BCUT2D eigenvalue weighted by Gasteiger charge is -2.40. The number of hydrogen-bond acceptors (Lipinski definition) is 3. The van der Waals surface area contributed by atoms with E-state index in [4.69, 9.17) is 9.47 Å². The molecule has 0 N–H and O–H groups in total. The SMILES string of the molecule is CCO[C@@H]1CC[C@@H]2[C@@H]1OCCN2C(=O)N(C)C. The summed E-state index contributed by atoms with van der Waals surface area (Å²) in [7, 11) is 3.59. The van der Waals surface area contributed by atoms with Gasteiger partial charge in [-0.05, 0) is 19.8 Å². The minimum Gasteiger partial charge on any atom is -0.376 e. The number of morpholine rings is 1. The molecule has 98 valence electrons. The summed E-state index contributed by atoms with van der Waals surface area (Å²) in [4.78, 5) is 15.6. The highest BCUT2D eigenvalue weighted by Gasteiger charge is 2.45. The summed E-state index contributed by atoms with van der Waals surface area (Å²) in [6, 6.07) is 0.274. The quantitative estimate of drug-likeness (QED) is 0.723. The van der Waals surface area contributed by atoms with E-state index in [0.717, 1.165) is 12.8 Å². The van der Waals surface area contributed by atoms with Gasteiger partial charge < -0.3 is 19.3 Å². The molecular formula is C12H22N2O3. The molecule has 0 spiro atoms. The molecule has 2 rings (SSSR count). The number of carbonyl (C=O) groups is 1. The number of fused-ring (bicyclic) bond motifs is 1. The number of rotatable bonds is 2. The molecule has 0 bridgehead atoms. The Kier molecular flexibility index (Phi) is 3.89. The van der Waals surface area contributed by atoms with E-state index in [-0.39, 0.29) is 24.3 Å². The second kappa shape index (κ2) is 5.23. The van der Waals surface area contributed by atoms with Crippen molar-refractivity contribution >= 4 is 6.03 Å². The lowest BCUT2D eigenvalue weighted by molar-refractivity contribution is -0.102. The summed E-state index contributed by atoms with van der Waals surface area (Å²) >= 11 is 0. The van der Waals surface area contributed by atoms with E-state index in [2.05, 4.69) is 0 Å². The normalized spacial score (nSPS) is 32.4. The highest BCUT2D eigenvalue weighted by molar-refractivity contribution is 5.74. The molecule has 2 amide bonds. The third-order valence-electron chi connectivity index (χ3n) is 3.54. The number of carbonyl (C=O) groups excluding carboxylic acids is 1. The molecule has 2 fully saturated rings. The molecule has 1 saturated heterocycles. The van der Waals surface area contributed by atoms with Gasteiger partial charge in [-0.2, -0.15) is 0 Å². The van der Waals surface area contributed by atoms with E-state index in [0.29, 0.717) is 19.8 Å². The van der Waals surface area contributed by atoms with Crippen molar-refractivity contribution in [2.75, 3.05) is 33.9 Å². The first-order valence-corrected chi connectivity index (χ1v) is 6.36. The van der Waals surface area contributed by atoms with Gasteiger partial charge in [-0.1, -0.05) is 0 Å². The van der Waals surface area contributed by atoms with Crippen molar-refractivity contribution in [3.05, 3.63) is 0 Å². The van der Waals surface area contributed by atoms with Crippen LogP contribution in [0.2, 0.25) is 0 Å². The zero-order valence-corrected chi connectivity index (χ0v) is 10.9. The minimum atomic E-state index is 0.0626. The first-order valence-electron chi connectivity index (χ1n) is 6.36. The van der Waals surface area contributed by atoms with E-state index in [1.807, 2.05) is 11.8 Å². The summed E-state index contributed by atoms with van der Waals surface area (Å²) in [6.45, 7) is 4.01. The lowest BCUT2D eigenvalue weighted by Crippen LogP contribution is -2.56. The number of nitrogens with zero attached hydrogens (tertiary/aromatic N) is 2. The summed E-state index contributed by atoms with van der Waals surface area (Å²) in [5, 5.41) is 0. The van der Waals surface area contributed by atoms with Crippen LogP contribution in [0.5, 0.6) is 0 Å². The Morgan fingerprint density at radius 2 is 2.24 bits per heavy atom. The minimum absolute atomic E-state index is 0.0626. The summed E-state index contributed by atoms with van der Waals surface area (Å²) in [5.41, 5.74) is 0. The Morgan fingerprint density at radius 3 is 2.88 bits per heavy atom. The molecule has 5 heteroatoms. The van der Waals surface area contributed by atoms with E-state index >= 15 is 0 Å². The van der Waals surface area contributed by atoms with Crippen LogP contribution in [-0.4, -0.2) is 67.9 Å². The number of urea groups is 1. The van der Waals surface area contributed by atoms with Crippen molar-refractivity contribution in [1.29, 1.82) is 0 Å². The van der Waals surface area contributed by atoms with Gasteiger partial charge in [-0.3, -0.25) is 0 Å². The zero-order valence-electron chi connectivity index (χ0n) is 10.9. The Bertz CT molecular complexity index is 283. The highest BCUT2D eigenvalue weighted by atomic mass is 16.5. The molecule has 1 aliphatic carbocycles. The number of ether oxygens (including phenoxy) is 2. The fourth-order valence-corrected chi connectivity index (χ4v) is 2.80. The topological polar surface area (TPSA) is 42.0 Å². The van der Waals surface area contributed by atoms with Crippen molar-refractivity contribution in [2.45, 2.75) is 38.0 Å². The van der Waals surface area contributed by atoms with Crippen LogP contribution in [-0.2, 0) is 9.47 Å². The van der Waals surface area contributed by atoms with E-state index in [1.165, 1.54) is 0 Å². The summed E-state index contributed by atoms with van der Waals surface area (Å²) in [6.07, 6.45) is 2.19. The van der Waals surface area contributed by atoms with Gasteiger partial charge >= 0.3 is 6.03 Å². The molecule has 5 nitrogen and oxygen atoms in total. The number of hydrogen-bond donors (Lipinski definition) is 0. The molecular weight excluding hydrogens is 220 g/mol. The molecule has 3 atom stereocenters. The summed E-state index contributed by atoms with van der Waals surface area (Å²) < 4.78 is 11.5. The van der Waals surface area contributed by atoms with E-state index < -0.39 is 0 Å². The van der Waals surface area contributed by atoms with Crippen LogP contribution in [0.3, 0.4) is 0 Å². The molecule has 0 aromatic heterocycles. The van der Waals surface area contributed by atoms with Crippen LogP contribution in [0, 0.1) is 0 Å². The van der Waals surface area contributed by atoms with Crippen molar-refractivity contribution in [3.8, 4) is 0 Å². The molecule has 0 radical (unpaired) electrons. The Morgan fingerprint density at radius 1 is 1.47 bits per heavy atom. The molecule has 1 heterocycles. The average Bonchev–Trinajstić information content (AvgIpc) is 2.72. The van der Waals surface area contributed by atoms with Gasteiger partial charge in [0.15, 0.2) is 0 Å². The predicted molar refractivity (Wildman–Crippen MR) is 64.0 cm³/mol. The Balaban J connectivity index is 2.05. The largest absolute Gasteiger partial charge is 0.376 e. The van der Waals surface area contributed by atoms with Crippen molar-refractivity contribution in [3.63, 3.8) is 0 Å². The second-order valence-electron chi connectivity index (χ2n) is 4.84. The average molecular weight is 242 g/mol. The lowest BCUT2D eigenvalue weighted by atomic mass is 10.1. The zero-order chi connectivity index (χ0) is 12.4. The summed E-state index contributed by atoms with van der Waals surface area (Å²) in [5.74, 6) is 0. The van der Waals surface area contributed by atoms with Crippen molar-refractivity contribution in [1.82, 2.24) is 9.80 Å².